The van der Waals surface area contributed by atoms with Crippen molar-refractivity contribution in [2.24, 2.45) is 0 Å². The summed E-state index contributed by atoms with van der Waals surface area (Å²) in [4.78, 5) is 34.5. The van der Waals surface area contributed by atoms with Gasteiger partial charge in [-0.1, -0.05) is 6.92 Å². The molecule has 3 aromatic rings. The van der Waals surface area contributed by atoms with Crippen LogP contribution >= 0.6 is 23.1 Å². The Balaban J connectivity index is 1.79. The number of nitro groups is 1. The minimum atomic E-state index is -0.486. The number of nitrogens with zero attached hydrogens (tertiary/aromatic N) is 4. The lowest BCUT2D eigenvalue weighted by Gasteiger charge is -2.15. The van der Waals surface area contributed by atoms with Gasteiger partial charge in [-0.15, -0.1) is 11.3 Å². The standard InChI is InChI=1S/C19H20N4O4S2/c1-3-14-11(2)28-17-16(14)18(24)22(10-13-5-4-8-27-13)19(21-17)29-15-7-6-12(9-20-15)23(25)26/h6-7,9,13H,3-5,8,10H2,1-2H3/t13-/m0/s1. The number of hydrogen-bond acceptors (Lipinski definition) is 8. The van der Waals surface area contributed by atoms with Gasteiger partial charge < -0.3 is 4.74 Å². The summed E-state index contributed by atoms with van der Waals surface area (Å²) in [5, 5.41) is 12.6. The Kier molecular flexibility index (Phi) is 5.66. The number of rotatable bonds is 6. The first-order valence-corrected chi connectivity index (χ1v) is 11.0. The third-order valence-corrected chi connectivity index (χ3v) is 6.95. The molecular formula is C19H20N4O4S2. The summed E-state index contributed by atoms with van der Waals surface area (Å²) in [7, 11) is 0. The number of hydrogen-bond donors (Lipinski definition) is 0. The van der Waals surface area contributed by atoms with Crippen molar-refractivity contribution in [1.82, 2.24) is 14.5 Å². The van der Waals surface area contributed by atoms with Gasteiger partial charge in [-0.2, -0.15) is 0 Å². The van der Waals surface area contributed by atoms with Crippen LogP contribution in [0.1, 0.15) is 30.2 Å². The molecule has 10 heteroatoms. The molecule has 0 aliphatic carbocycles. The predicted molar refractivity (Wildman–Crippen MR) is 112 cm³/mol. The average molecular weight is 433 g/mol. The van der Waals surface area contributed by atoms with Crippen molar-refractivity contribution in [2.45, 2.75) is 55.9 Å². The van der Waals surface area contributed by atoms with Gasteiger partial charge in [0.05, 0.1) is 23.0 Å². The van der Waals surface area contributed by atoms with Crippen molar-refractivity contribution in [3.05, 3.63) is 49.2 Å². The smallest absolute Gasteiger partial charge is 0.287 e. The molecule has 152 valence electrons. The number of thiophene rings is 1. The van der Waals surface area contributed by atoms with Crippen LogP contribution in [0.15, 0.2) is 33.3 Å². The molecule has 29 heavy (non-hydrogen) atoms. The Bertz CT molecular complexity index is 1120. The minimum Gasteiger partial charge on any atom is -0.376 e. The highest BCUT2D eigenvalue weighted by molar-refractivity contribution is 7.99. The molecule has 1 atom stereocenters. The molecular weight excluding hydrogens is 412 g/mol. The molecule has 4 heterocycles. The first-order valence-electron chi connectivity index (χ1n) is 9.40. The van der Waals surface area contributed by atoms with Gasteiger partial charge in [0.25, 0.3) is 11.2 Å². The lowest BCUT2D eigenvalue weighted by atomic mass is 10.1. The van der Waals surface area contributed by atoms with Crippen molar-refractivity contribution < 1.29 is 9.66 Å². The van der Waals surface area contributed by atoms with Gasteiger partial charge in [0.2, 0.25) is 0 Å². The van der Waals surface area contributed by atoms with Crippen molar-refractivity contribution >= 4 is 39.0 Å². The first-order chi connectivity index (χ1) is 14.0. The second-order valence-electron chi connectivity index (χ2n) is 6.83. The molecule has 1 fully saturated rings. The van der Waals surface area contributed by atoms with E-state index in [0.717, 1.165) is 34.5 Å². The van der Waals surface area contributed by atoms with E-state index >= 15 is 0 Å². The molecule has 8 nitrogen and oxygen atoms in total. The van der Waals surface area contributed by atoms with Crippen LogP contribution in [0.2, 0.25) is 0 Å². The Morgan fingerprint density at radius 1 is 1.45 bits per heavy atom. The molecule has 0 N–H and O–H groups in total. The molecule has 0 bridgehead atoms. The van der Waals surface area contributed by atoms with Crippen LogP contribution in [0.25, 0.3) is 10.2 Å². The summed E-state index contributed by atoms with van der Waals surface area (Å²) in [6.07, 6.45) is 3.88. The monoisotopic (exact) mass is 432 g/mol. The van der Waals surface area contributed by atoms with E-state index in [1.165, 1.54) is 35.4 Å². The van der Waals surface area contributed by atoms with E-state index in [4.69, 9.17) is 9.72 Å². The highest BCUT2D eigenvalue weighted by Crippen LogP contribution is 2.32. The Hall–Kier alpha value is -2.30. The lowest BCUT2D eigenvalue weighted by Crippen LogP contribution is -2.28. The Labute approximate surface area is 175 Å². The fraction of sp³-hybridized carbons (Fsp3) is 0.421. The zero-order valence-electron chi connectivity index (χ0n) is 16.1. The van der Waals surface area contributed by atoms with Gasteiger partial charge in [0, 0.05) is 17.6 Å². The normalized spacial score (nSPS) is 16.6. The molecule has 0 spiro atoms. The van der Waals surface area contributed by atoms with Gasteiger partial charge in [0.1, 0.15) is 16.1 Å². The number of aromatic nitrogens is 3. The van der Waals surface area contributed by atoms with Crippen molar-refractivity contribution in [3.8, 4) is 0 Å². The van der Waals surface area contributed by atoms with Crippen LogP contribution in [0.4, 0.5) is 5.69 Å². The van der Waals surface area contributed by atoms with Gasteiger partial charge in [-0.25, -0.2) is 9.97 Å². The zero-order valence-corrected chi connectivity index (χ0v) is 17.7. The van der Waals surface area contributed by atoms with Crippen LogP contribution in [0.3, 0.4) is 0 Å². The van der Waals surface area contributed by atoms with Gasteiger partial charge in [0.15, 0.2) is 5.16 Å². The van der Waals surface area contributed by atoms with Gasteiger partial charge >= 0.3 is 0 Å². The highest BCUT2D eigenvalue weighted by Gasteiger charge is 2.23. The van der Waals surface area contributed by atoms with E-state index in [1.807, 2.05) is 13.8 Å². The van der Waals surface area contributed by atoms with E-state index in [2.05, 4.69) is 4.98 Å². The maximum Gasteiger partial charge on any atom is 0.287 e. The molecule has 1 aliphatic rings. The van der Waals surface area contributed by atoms with Crippen LogP contribution in [-0.4, -0.2) is 32.2 Å². The lowest BCUT2D eigenvalue weighted by molar-refractivity contribution is -0.385. The Morgan fingerprint density at radius 3 is 2.90 bits per heavy atom. The number of fused-ring (bicyclic) bond motifs is 1. The quantitative estimate of drug-likeness (QED) is 0.330. The summed E-state index contributed by atoms with van der Waals surface area (Å²) in [5.74, 6) is 0. The topological polar surface area (TPSA) is 100 Å². The molecule has 0 radical (unpaired) electrons. The maximum absolute atomic E-state index is 13.4. The second kappa shape index (κ2) is 8.21. The fourth-order valence-electron chi connectivity index (χ4n) is 3.52. The molecule has 0 amide bonds. The summed E-state index contributed by atoms with van der Waals surface area (Å²) in [6.45, 7) is 5.20. The third kappa shape index (κ3) is 3.92. The molecule has 4 rings (SSSR count). The van der Waals surface area contributed by atoms with Crippen LogP contribution in [0.5, 0.6) is 0 Å². The summed E-state index contributed by atoms with van der Waals surface area (Å²) < 4.78 is 7.43. The Morgan fingerprint density at radius 2 is 2.28 bits per heavy atom. The molecule has 0 unspecified atom stereocenters. The molecule has 1 aliphatic heterocycles. The summed E-state index contributed by atoms with van der Waals surface area (Å²) in [6, 6.07) is 2.98. The number of pyridine rings is 1. The number of ether oxygens (including phenoxy) is 1. The van der Waals surface area contributed by atoms with Gasteiger partial charge in [-0.05, 0) is 49.6 Å². The van der Waals surface area contributed by atoms with E-state index in [1.54, 1.807) is 10.6 Å². The maximum atomic E-state index is 13.4. The molecule has 0 aromatic carbocycles. The van der Waals surface area contributed by atoms with Crippen LogP contribution in [-0.2, 0) is 17.7 Å². The SMILES string of the molecule is CCc1c(C)sc2nc(Sc3ccc([N+](=O)[O-])cn3)n(C[C@@H]3CCCO3)c(=O)c12. The number of aryl methyl sites for hydroxylation is 2. The molecule has 0 saturated carbocycles. The zero-order chi connectivity index (χ0) is 20.5. The first kappa shape index (κ1) is 20.0. The predicted octanol–water partition coefficient (Wildman–Crippen LogP) is 3.96. The third-order valence-electron chi connectivity index (χ3n) is 4.97. The minimum absolute atomic E-state index is 0.0130. The van der Waals surface area contributed by atoms with E-state index in [-0.39, 0.29) is 17.4 Å². The van der Waals surface area contributed by atoms with E-state index < -0.39 is 4.92 Å². The highest BCUT2D eigenvalue weighted by atomic mass is 32.2. The van der Waals surface area contributed by atoms with Crippen molar-refractivity contribution in [3.63, 3.8) is 0 Å². The van der Waals surface area contributed by atoms with E-state index in [0.29, 0.717) is 28.7 Å². The van der Waals surface area contributed by atoms with Crippen molar-refractivity contribution in [2.75, 3.05) is 6.61 Å². The fourth-order valence-corrected chi connectivity index (χ4v) is 5.52. The summed E-state index contributed by atoms with van der Waals surface area (Å²) >= 11 is 2.76. The molecule has 3 aromatic heterocycles. The average Bonchev–Trinajstić information content (AvgIpc) is 3.32. The summed E-state index contributed by atoms with van der Waals surface area (Å²) in [5.41, 5.74) is 0.917. The van der Waals surface area contributed by atoms with Crippen LogP contribution in [0, 0.1) is 17.0 Å². The van der Waals surface area contributed by atoms with E-state index in [9.17, 15) is 14.9 Å². The van der Waals surface area contributed by atoms with Gasteiger partial charge in [-0.3, -0.25) is 19.5 Å². The van der Waals surface area contributed by atoms with Crippen molar-refractivity contribution in [1.29, 1.82) is 0 Å². The second-order valence-corrected chi connectivity index (χ2v) is 9.02. The molecule has 1 saturated heterocycles. The van der Waals surface area contributed by atoms with Crippen LogP contribution < -0.4 is 5.56 Å². The largest absolute Gasteiger partial charge is 0.376 e.